The van der Waals surface area contributed by atoms with E-state index in [1.807, 2.05) is 23.1 Å². The Balaban J connectivity index is 1.36. The number of benzene rings is 1. The zero-order valence-corrected chi connectivity index (χ0v) is 19.9. The van der Waals surface area contributed by atoms with E-state index in [4.69, 9.17) is 0 Å². The number of halogens is 6. The van der Waals surface area contributed by atoms with Crippen molar-refractivity contribution in [1.29, 1.82) is 0 Å². The van der Waals surface area contributed by atoms with E-state index in [0.29, 0.717) is 45.4 Å². The average molecular weight is 522 g/mol. The molecule has 0 radical (unpaired) electrons. The van der Waals surface area contributed by atoms with Gasteiger partial charge in [-0.05, 0) is 61.7 Å². The maximum absolute atomic E-state index is 12.8. The summed E-state index contributed by atoms with van der Waals surface area (Å²) in [7, 11) is 0. The summed E-state index contributed by atoms with van der Waals surface area (Å²) < 4.78 is 80.5. The molecule has 200 valence electrons. The number of amides is 2. The number of nitrogens with zero attached hydrogens (tertiary/aromatic N) is 3. The Morgan fingerprint density at radius 2 is 1.64 bits per heavy atom. The fraction of sp³-hybridized carbons (Fsp3) is 0.667. The van der Waals surface area contributed by atoms with E-state index in [1.54, 1.807) is 6.92 Å². The van der Waals surface area contributed by atoms with Gasteiger partial charge < -0.3 is 14.5 Å². The number of aryl methyl sites for hydroxylation is 1. The van der Waals surface area contributed by atoms with Crippen LogP contribution in [0.4, 0.5) is 36.8 Å². The second-order valence-corrected chi connectivity index (χ2v) is 9.99. The number of para-hydroxylation sites is 1. The van der Waals surface area contributed by atoms with E-state index < -0.39 is 24.5 Å². The maximum atomic E-state index is 12.8. The third kappa shape index (κ3) is 5.57. The van der Waals surface area contributed by atoms with Crippen LogP contribution in [-0.4, -0.2) is 73.0 Å². The summed E-state index contributed by atoms with van der Waals surface area (Å²) in [6.45, 7) is 4.33. The first-order chi connectivity index (χ1) is 16.8. The SMILES string of the molecule is CC(=O)N1CCCc2cccc(CN3CCC4(CC3)CCN(C(=O)OC(C(F)(F)F)C(F)(F)F)C4)c21. The number of rotatable bonds is 3. The molecule has 2 fully saturated rings. The number of hydrogen-bond acceptors (Lipinski definition) is 4. The van der Waals surface area contributed by atoms with Crippen molar-refractivity contribution in [2.24, 2.45) is 5.41 Å². The lowest BCUT2D eigenvalue weighted by atomic mass is 9.77. The lowest BCUT2D eigenvalue weighted by Gasteiger charge is -2.40. The van der Waals surface area contributed by atoms with Gasteiger partial charge in [0.15, 0.2) is 0 Å². The standard InChI is InChI=1S/C24H29F6N3O3/c1-16(34)33-10-3-6-17-4-2-5-18(19(17)33)14-31-11-7-22(8-12-31)9-13-32(15-22)21(35)36-20(23(25,26)27)24(28,29)30/h2,4-5,20H,3,6-15H2,1H3. The summed E-state index contributed by atoms with van der Waals surface area (Å²) in [4.78, 5) is 29.4. The van der Waals surface area contributed by atoms with Crippen molar-refractivity contribution in [2.75, 3.05) is 37.6 Å². The molecule has 0 aromatic heterocycles. The van der Waals surface area contributed by atoms with Crippen molar-refractivity contribution in [3.8, 4) is 0 Å². The molecule has 0 bridgehead atoms. The van der Waals surface area contributed by atoms with Crippen LogP contribution < -0.4 is 4.90 Å². The Morgan fingerprint density at radius 3 is 2.25 bits per heavy atom. The fourth-order valence-electron chi connectivity index (χ4n) is 5.59. The van der Waals surface area contributed by atoms with Gasteiger partial charge in [0.2, 0.25) is 5.91 Å². The molecule has 3 aliphatic rings. The lowest BCUT2D eigenvalue weighted by Crippen LogP contribution is -2.48. The molecule has 4 rings (SSSR count). The average Bonchev–Trinajstić information content (AvgIpc) is 3.21. The first kappa shape index (κ1) is 26.6. The molecular formula is C24H29F6N3O3. The minimum Gasteiger partial charge on any atom is -0.426 e. The summed E-state index contributed by atoms with van der Waals surface area (Å²) >= 11 is 0. The largest absolute Gasteiger partial charge is 0.434 e. The van der Waals surface area contributed by atoms with Gasteiger partial charge in [-0.1, -0.05) is 18.2 Å². The molecule has 2 amide bonds. The van der Waals surface area contributed by atoms with E-state index in [-0.39, 0.29) is 24.4 Å². The predicted octanol–water partition coefficient (Wildman–Crippen LogP) is 4.90. The van der Waals surface area contributed by atoms with Crippen molar-refractivity contribution in [3.63, 3.8) is 0 Å². The van der Waals surface area contributed by atoms with Crippen LogP contribution in [0, 0.1) is 5.41 Å². The molecule has 12 heteroatoms. The molecule has 0 unspecified atom stereocenters. The van der Waals surface area contributed by atoms with Gasteiger partial charge in [-0.15, -0.1) is 0 Å². The van der Waals surface area contributed by atoms with Gasteiger partial charge >= 0.3 is 18.4 Å². The number of carbonyl (C=O) groups excluding carboxylic acids is 2. The molecular weight excluding hydrogens is 492 g/mol. The number of carbonyl (C=O) groups is 2. The second-order valence-electron chi connectivity index (χ2n) is 9.99. The zero-order chi connectivity index (χ0) is 26.3. The highest BCUT2D eigenvalue weighted by Gasteiger charge is 2.60. The predicted molar refractivity (Wildman–Crippen MR) is 118 cm³/mol. The summed E-state index contributed by atoms with van der Waals surface area (Å²) in [6, 6.07) is 6.03. The van der Waals surface area contributed by atoms with Crippen LogP contribution in [-0.2, 0) is 22.5 Å². The van der Waals surface area contributed by atoms with Crippen LogP contribution in [0.5, 0.6) is 0 Å². The highest BCUT2D eigenvalue weighted by molar-refractivity contribution is 5.93. The minimum absolute atomic E-state index is 0.00258. The Labute approximate surface area is 205 Å². The molecule has 0 aliphatic carbocycles. The van der Waals surface area contributed by atoms with Gasteiger partial charge in [0.25, 0.3) is 6.10 Å². The molecule has 2 saturated heterocycles. The molecule has 0 saturated carbocycles. The van der Waals surface area contributed by atoms with E-state index in [0.717, 1.165) is 34.6 Å². The van der Waals surface area contributed by atoms with Gasteiger partial charge in [0.1, 0.15) is 0 Å². The first-order valence-electron chi connectivity index (χ1n) is 12.0. The second kappa shape index (κ2) is 9.75. The van der Waals surface area contributed by atoms with Crippen LogP contribution in [0.15, 0.2) is 18.2 Å². The summed E-state index contributed by atoms with van der Waals surface area (Å²) in [6.07, 6.45) is -13.6. The fourth-order valence-corrected chi connectivity index (χ4v) is 5.59. The third-order valence-corrected chi connectivity index (χ3v) is 7.50. The quantitative estimate of drug-likeness (QED) is 0.531. The highest BCUT2D eigenvalue weighted by Crippen LogP contribution is 2.42. The summed E-state index contributed by atoms with van der Waals surface area (Å²) in [5.41, 5.74) is 2.81. The monoisotopic (exact) mass is 521 g/mol. The van der Waals surface area contributed by atoms with E-state index in [1.165, 1.54) is 0 Å². The summed E-state index contributed by atoms with van der Waals surface area (Å²) in [5, 5.41) is 0. The van der Waals surface area contributed by atoms with Gasteiger partial charge in [-0.25, -0.2) is 4.79 Å². The zero-order valence-electron chi connectivity index (χ0n) is 19.9. The lowest BCUT2D eigenvalue weighted by molar-refractivity contribution is -0.308. The van der Waals surface area contributed by atoms with Crippen molar-refractivity contribution in [3.05, 3.63) is 29.3 Å². The van der Waals surface area contributed by atoms with Crippen LogP contribution in [0.1, 0.15) is 43.7 Å². The Morgan fingerprint density at radius 1 is 1.00 bits per heavy atom. The number of piperidine rings is 1. The molecule has 0 N–H and O–H groups in total. The number of fused-ring (bicyclic) bond motifs is 1. The molecule has 0 atom stereocenters. The van der Waals surface area contributed by atoms with E-state index in [9.17, 15) is 35.9 Å². The van der Waals surface area contributed by atoms with Gasteiger partial charge in [-0.3, -0.25) is 9.69 Å². The molecule has 36 heavy (non-hydrogen) atoms. The van der Waals surface area contributed by atoms with E-state index in [2.05, 4.69) is 9.64 Å². The number of alkyl halides is 6. The van der Waals surface area contributed by atoms with Crippen molar-refractivity contribution in [2.45, 2.75) is 64.0 Å². The van der Waals surface area contributed by atoms with Crippen molar-refractivity contribution < 1.29 is 40.7 Å². The third-order valence-electron chi connectivity index (χ3n) is 7.50. The normalized spacial score (nSPS) is 20.7. The van der Waals surface area contributed by atoms with Crippen molar-refractivity contribution >= 4 is 17.7 Å². The molecule has 1 aromatic carbocycles. The minimum atomic E-state index is -5.73. The Hall–Kier alpha value is -2.50. The summed E-state index contributed by atoms with van der Waals surface area (Å²) in [5.74, 6) is -0.00258. The Kier molecular flexibility index (Phi) is 7.20. The van der Waals surface area contributed by atoms with Crippen LogP contribution in [0.3, 0.4) is 0 Å². The van der Waals surface area contributed by atoms with E-state index >= 15 is 0 Å². The number of hydrogen-bond donors (Lipinski definition) is 0. The number of ether oxygens (including phenoxy) is 1. The molecule has 1 spiro atoms. The molecule has 3 aliphatic heterocycles. The van der Waals surface area contributed by atoms with Gasteiger partial charge in [-0.2, -0.15) is 26.3 Å². The molecule has 6 nitrogen and oxygen atoms in total. The molecule has 3 heterocycles. The number of anilines is 1. The highest BCUT2D eigenvalue weighted by atomic mass is 19.4. The molecule has 1 aromatic rings. The van der Waals surface area contributed by atoms with Gasteiger partial charge in [0.05, 0.1) is 5.69 Å². The Bertz CT molecular complexity index is 974. The smallest absolute Gasteiger partial charge is 0.426 e. The first-order valence-corrected chi connectivity index (χ1v) is 12.0. The van der Waals surface area contributed by atoms with Crippen molar-refractivity contribution in [1.82, 2.24) is 9.80 Å². The maximum Gasteiger partial charge on any atom is 0.434 e. The van der Waals surface area contributed by atoms with Crippen LogP contribution in [0.25, 0.3) is 0 Å². The van der Waals surface area contributed by atoms with Gasteiger partial charge in [0, 0.05) is 33.1 Å². The van der Waals surface area contributed by atoms with Crippen LogP contribution in [0.2, 0.25) is 0 Å². The number of likely N-dealkylation sites (tertiary alicyclic amines) is 2. The topological polar surface area (TPSA) is 53.1 Å². The van der Waals surface area contributed by atoms with Crippen LogP contribution >= 0.6 is 0 Å².